The average molecular weight is 347 g/mol. The Morgan fingerprint density at radius 2 is 2.16 bits per heavy atom. The summed E-state index contributed by atoms with van der Waals surface area (Å²) in [6, 6.07) is 5.19. The van der Waals surface area contributed by atoms with Gasteiger partial charge in [-0.25, -0.2) is 0 Å². The van der Waals surface area contributed by atoms with E-state index in [4.69, 9.17) is 16.3 Å². The van der Waals surface area contributed by atoms with Crippen molar-refractivity contribution in [2.24, 2.45) is 5.41 Å². The van der Waals surface area contributed by atoms with Crippen LogP contribution in [0.2, 0.25) is 5.02 Å². The van der Waals surface area contributed by atoms with Crippen molar-refractivity contribution in [1.29, 1.82) is 0 Å². The topological polar surface area (TPSA) is 38.3 Å². The molecule has 0 spiro atoms. The molecule has 5 heteroatoms. The summed E-state index contributed by atoms with van der Waals surface area (Å²) >= 11 is 9.24. The summed E-state index contributed by atoms with van der Waals surface area (Å²) < 4.78 is 6.09. The van der Waals surface area contributed by atoms with Gasteiger partial charge in [0, 0.05) is 29.8 Å². The lowest BCUT2D eigenvalue weighted by atomic mass is 9.82. The first-order chi connectivity index (χ1) is 9.00. The maximum Gasteiger partial charge on any atom is 0.251 e. The maximum atomic E-state index is 12.1. The normalized spacial score (nSPS) is 18.1. The fraction of sp³-hybridized carbons (Fsp3) is 0.500. The highest BCUT2D eigenvalue weighted by Gasteiger charge is 2.27. The number of ether oxygens (including phenoxy) is 1. The van der Waals surface area contributed by atoms with Crippen LogP contribution in [0.25, 0.3) is 0 Å². The molecule has 1 heterocycles. The van der Waals surface area contributed by atoms with Gasteiger partial charge in [-0.3, -0.25) is 4.79 Å². The first-order valence-corrected chi connectivity index (χ1v) is 7.48. The Kier molecular flexibility index (Phi) is 4.87. The van der Waals surface area contributed by atoms with Crippen LogP contribution in [0.15, 0.2) is 22.7 Å². The minimum Gasteiger partial charge on any atom is -0.381 e. The lowest BCUT2D eigenvalue weighted by Crippen LogP contribution is -2.39. The van der Waals surface area contributed by atoms with Crippen LogP contribution in [0.4, 0.5) is 0 Å². The first kappa shape index (κ1) is 14.8. The Bertz CT molecular complexity index is 473. The highest BCUT2D eigenvalue weighted by atomic mass is 79.9. The lowest BCUT2D eigenvalue weighted by molar-refractivity contribution is 0.0238. The van der Waals surface area contributed by atoms with Gasteiger partial charge in [0.1, 0.15) is 0 Å². The van der Waals surface area contributed by atoms with Crippen molar-refractivity contribution in [3.63, 3.8) is 0 Å². The number of nitrogens with one attached hydrogen (secondary N) is 1. The zero-order valence-electron chi connectivity index (χ0n) is 10.8. The molecule has 3 nitrogen and oxygen atoms in total. The van der Waals surface area contributed by atoms with Crippen LogP contribution in [0.3, 0.4) is 0 Å². The maximum absolute atomic E-state index is 12.1. The van der Waals surface area contributed by atoms with Crippen LogP contribution in [-0.4, -0.2) is 25.7 Å². The first-order valence-electron chi connectivity index (χ1n) is 6.31. The van der Waals surface area contributed by atoms with Gasteiger partial charge < -0.3 is 10.1 Å². The molecule has 0 unspecified atom stereocenters. The van der Waals surface area contributed by atoms with E-state index >= 15 is 0 Å². The molecule has 104 valence electrons. The van der Waals surface area contributed by atoms with E-state index in [1.807, 2.05) is 0 Å². The highest BCUT2D eigenvalue weighted by molar-refractivity contribution is 9.10. The standard InChI is InChI=1S/C14H17BrClNO2/c1-14(4-6-19-7-5-14)9-17-13(18)10-2-3-12(16)11(15)8-10/h2-3,8H,4-7,9H2,1H3,(H,17,18). The predicted molar refractivity (Wildman–Crippen MR) is 79.6 cm³/mol. The number of benzene rings is 1. The van der Waals surface area contributed by atoms with Crippen LogP contribution in [0.1, 0.15) is 30.1 Å². The number of halogens is 2. The van der Waals surface area contributed by atoms with Gasteiger partial charge in [-0.2, -0.15) is 0 Å². The Morgan fingerprint density at radius 1 is 1.47 bits per heavy atom. The van der Waals surface area contributed by atoms with Crippen molar-refractivity contribution in [3.8, 4) is 0 Å². The predicted octanol–water partition coefficient (Wildman–Crippen LogP) is 3.65. The molecule has 0 aromatic heterocycles. The molecule has 1 aromatic rings. The van der Waals surface area contributed by atoms with Crippen molar-refractivity contribution in [1.82, 2.24) is 5.32 Å². The summed E-state index contributed by atoms with van der Waals surface area (Å²) in [6.07, 6.45) is 1.97. The Balaban J connectivity index is 1.95. The average Bonchev–Trinajstić information content (AvgIpc) is 2.40. The largest absolute Gasteiger partial charge is 0.381 e. The Hall–Kier alpha value is -0.580. The van der Waals surface area contributed by atoms with Gasteiger partial charge in [-0.05, 0) is 52.4 Å². The molecular weight excluding hydrogens is 330 g/mol. The SMILES string of the molecule is CC1(CNC(=O)c2ccc(Cl)c(Br)c2)CCOCC1. The molecule has 1 aliphatic heterocycles. The van der Waals surface area contributed by atoms with E-state index in [1.54, 1.807) is 18.2 Å². The molecule has 0 atom stereocenters. The summed E-state index contributed by atoms with van der Waals surface area (Å²) in [7, 11) is 0. The second kappa shape index (κ2) is 6.25. The Labute approximate surface area is 126 Å². The number of hydrogen-bond donors (Lipinski definition) is 1. The van der Waals surface area contributed by atoms with E-state index in [0.717, 1.165) is 30.5 Å². The van der Waals surface area contributed by atoms with Gasteiger partial charge in [0.05, 0.1) is 5.02 Å². The van der Waals surface area contributed by atoms with Crippen molar-refractivity contribution in [2.45, 2.75) is 19.8 Å². The molecule has 1 fully saturated rings. The minimum absolute atomic E-state index is 0.0647. The molecule has 1 aromatic carbocycles. The van der Waals surface area contributed by atoms with Gasteiger partial charge in [0.25, 0.3) is 5.91 Å². The molecule has 1 saturated heterocycles. The third-order valence-corrected chi connectivity index (χ3v) is 4.77. The number of amides is 1. The van der Waals surface area contributed by atoms with E-state index in [9.17, 15) is 4.79 Å². The summed E-state index contributed by atoms with van der Waals surface area (Å²) in [5.74, 6) is -0.0647. The lowest BCUT2D eigenvalue weighted by Gasteiger charge is -2.33. The highest BCUT2D eigenvalue weighted by Crippen LogP contribution is 2.29. The third-order valence-electron chi connectivity index (χ3n) is 3.56. The number of hydrogen-bond acceptors (Lipinski definition) is 2. The molecular formula is C14H17BrClNO2. The van der Waals surface area contributed by atoms with Crippen molar-refractivity contribution in [3.05, 3.63) is 33.3 Å². The summed E-state index contributed by atoms with van der Waals surface area (Å²) in [5.41, 5.74) is 0.754. The Morgan fingerprint density at radius 3 is 2.79 bits per heavy atom. The van der Waals surface area contributed by atoms with Crippen LogP contribution in [-0.2, 0) is 4.74 Å². The molecule has 1 aliphatic rings. The number of carbonyl (C=O) groups is 1. The summed E-state index contributed by atoms with van der Waals surface area (Å²) in [5, 5.41) is 3.60. The molecule has 0 aliphatic carbocycles. The van der Waals surface area contributed by atoms with Gasteiger partial charge in [0.15, 0.2) is 0 Å². The van der Waals surface area contributed by atoms with Gasteiger partial charge in [0.2, 0.25) is 0 Å². The van der Waals surface area contributed by atoms with Gasteiger partial charge in [-0.15, -0.1) is 0 Å². The molecule has 2 rings (SSSR count). The molecule has 19 heavy (non-hydrogen) atoms. The van der Waals surface area contributed by atoms with Crippen LogP contribution in [0, 0.1) is 5.41 Å². The number of carbonyl (C=O) groups excluding carboxylic acids is 1. The minimum atomic E-state index is -0.0647. The molecule has 1 N–H and O–H groups in total. The zero-order valence-corrected chi connectivity index (χ0v) is 13.2. The van der Waals surface area contributed by atoms with E-state index in [-0.39, 0.29) is 11.3 Å². The quantitative estimate of drug-likeness (QED) is 0.907. The molecule has 0 saturated carbocycles. The fourth-order valence-corrected chi connectivity index (χ4v) is 2.57. The molecule has 1 amide bonds. The van der Waals surface area contributed by atoms with Crippen LogP contribution >= 0.6 is 27.5 Å². The van der Waals surface area contributed by atoms with E-state index in [2.05, 4.69) is 28.2 Å². The van der Waals surface area contributed by atoms with Gasteiger partial charge >= 0.3 is 0 Å². The molecule has 0 bridgehead atoms. The van der Waals surface area contributed by atoms with Crippen LogP contribution in [0.5, 0.6) is 0 Å². The second-order valence-electron chi connectivity index (χ2n) is 5.23. The van der Waals surface area contributed by atoms with E-state index < -0.39 is 0 Å². The number of rotatable bonds is 3. The van der Waals surface area contributed by atoms with Crippen molar-refractivity contribution in [2.75, 3.05) is 19.8 Å². The van der Waals surface area contributed by atoms with Crippen LogP contribution < -0.4 is 5.32 Å². The van der Waals surface area contributed by atoms with Crippen molar-refractivity contribution >= 4 is 33.4 Å². The van der Waals surface area contributed by atoms with E-state index in [0.29, 0.717) is 17.1 Å². The monoisotopic (exact) mass is 345 g/mol. The fourth-order valence-electron chi connectivity index (χ4n) is 2.07. The zero-order chi connectivity index (χ0) is 13.9. The van der Waals surface area contributed by atoms with Gasteiger partial charge in [-0.1, -0.05) is 18.5 Å². The van der Waals surface area contributed by atoms with E-state index in [1.165, 1.54) is 0 Å². The third kappa shape index (κ3) is 3.94. The summed E-state index contributed by atoms with van der Waals surface area (Å²) in [4.78, 5) is 12.1. The van der Waals surface area contributed by atoms with Crippen molar-refractivity contribution < 1.29 is 9.53 Å². The second-order valence-corrected chi connectivity index (χ2v) is 6.50. The summed E-state index contributed by atoms with van der Waals surface area (Å²) in [6.45, 7) is 4.42. The smallest absolute Gasteiger partial charge is 0.251 e. The molecule has 0 radical (unpaired) electrons.